The van der Waals surface area contributed by atoms with Crippen molar-refractivity contribution in [1.82, 2.24) is 10.6 Å². The Morgan fingerprint density at radius 2 is 1.80 bits per heavy atom. The second-order valence-electron chi connectivity index (χ2n) is 7.60. The molecule has 30 heavy (non-hydrogen) atoms. The fraction of sp³-hybridized carbons (Fsp3) is 0.435. The van der Waals surface area contributed by atoms with Crippen LogP contribution in [0.5, 0.6) is 5.75 Å². The van der Waals surface area contributed by atoms with Gasteiger partial charge in [-0.05, 0) is 49.6 Å². The van der Waals surface area contributed by atoms with Gasteiger partial charge in [-0.3, -0.25) is 4.99 Å². The number of hydrogen-bond acceptors (Lipinski definition) is 3. The average molecular weight is 418 g/mol. The predicted molar refractivity (Wildman–Crippen MR) is 114 cm³/mol. The zero-order valence-corrected chi connectivity index (χ0v) is 17.5. The molecule has 0 radical (unpaired) electrons. The first-order valence-electron chi connectivity index (χ1n) is 10.2. The van der Waals surface area contributed by atoms with E-state index in [0.717, 1.165) is 18.4 Å². The van der Waals surface area contributed by atoms with Crippen LogP contribution < -0.4 is 15.4 Å². The first-order valence-corrected chi connectivity index (χ1v) is 10.2. The Morgan fingerprint density at radius 1 is 1.10 bits per heavy atom. The molecule has 1 heterocycles. The van der Waals surface area contributed by atoms with Crippen LogP contribution in [-0.4, -0.2) is 45.4 Å². The maximum Gasteiger partial charge on any atom is 0.191 e. The Balaban J connectivity index is 1.57. The van der Waals surface area contributed by atoms with Gasteiger partial charge in [0.1, 0.15) is 23.5 Å². The summed E-state index contributed by atoms with van der Waals surface area (Å²) in [7, 11) is 1.70. The largest absolute Gasteiger partial charge is 0.489 e. The summed E-state index contributed by atoms with van der Waals surface area (Å²) in [6.07, 6.45) is 1.42. The predicted octanol–water partition coefficient (Wildman–Crippen LogP) is 3.65. The zero-order chi connectivity index (χ0) is 21.4. The third kappa shape index (κ3) is 5.92. The van der Waals surface area contributed by atoms with Gasteiger partial charge in [-0.1, -0.05) is 18.2 Å². The smallest absolute Gasteiger partial charge is 0.191 e. The third-order valence-electron chi connectivity index (χ3n) is 5.40. The summed E-state index contributed by atoms with van der Waals surface area (Å²) in [6, 6.07) is 12.9. The maximum absolute atomic E-state index is 13.8. The molecule has 0 aliphatic carbocycles. The van der Waals surface area contributed by atoms with Crippen molar-refractivity contribution in [2.45, 2.75) is 31.3 Å². The molecular formula is C23H29F2N3O2. The molecule has 1 saturated heterocycles. The minimum absolute atomic E-state index is 0.189. The number of nitrogens with one attached hydrogen (secondary N) is 2. The minimum Gasteiger partial charge on any atom is -0.489 e. The van der Waals surface area contributed by atoms with Crippen molar-refractivity contribution in [3.63, 3.8) is 0 Å². The molecule has 1 atom stereocenters. The second-order valence-corrected chi connectivity index (χ2v) is 7.60. The molecule has 2 N–H and O–H groups in total. The zero-order valence-electron chi connectivity index (χ0n) is 17.5. The van der Waals surface area contributed by atoms with E-state index in [1.165, 1.54) is 18.2 Å². The summed E-state index contributed by atoms with van der Waals surface area (Å²) in [4.78, 5) is 4.28. The van der Waals surface area contributed by atoms with Crippen molar-refractivity contribution in [3.05, 3.63) is 65.7 Å². The Hall–Kier alpha value is -2.67. The number of hydrogen-bond donors (Lipinski definition) is 2. The number of benzene rings is 2. The first-order chi connectivity index (χ1) is 14.5. The van der Waals surface area contributed by atoms with Gasteiger partial charge in [0.25, 0.3) is 0 Å². The number of aliphatic imine (C=N–C) groups is 1. The normalized spacial score (nSPS) is 17.3. The van der Waals surface area contributed by atoms with E-state index < -0.39 is 0 Å². The monoisotopic (exact) mass is 417 g/mol. The Kier molecular flexibility index (Phi) is 7.63. The molecule has 0 spiro atoms. The quantitative estimate of drug-likeness (QED) is 0.534. The molecular weight excluding hydrogens is 388 g/mol. The highest BCUT2D eigenvalue weighted by Gasteiger charge is 2.35. The van der Waals surface area contributed by atoms with Crippen molar-refractivity contribution in [2.75, 3.05) is 33.4 Å². The van der Waals surface area contributed by atoms with E-state index in [1.807, 2.05) is 13.0 Å². The summed E-state index contributed by atoms with van der Waals surface area (Å²) in [6.45, 7) is 4.29. The molecule has 2 aromatic rings. The van der Waals surface area contributed by atoms with Gasteiger partial charge in [-0.25, -0.2) is 8.78 Å². The number of ether oxygens (including phenoxy) is 2. The lowest BCUT2D eigenvalue weighted by Crippen LogP contribution is -2.49. The highest BCUT2D eigenvalue weighted by atomic mass is 19.1. The fourth-order valence-corrected chi connectivity index (χ4v) is 3.68. The lowest BCUT2D eigenvalue weighted by molar-refractivity contribution is 0.0512. The molecule has 1 unspecified atom stereocenters. The molecule has 1 aliphatic rings. The Labute approximate surface area is 176 Å². The van der Waals surface area contributed by atoms with Crippen LogP contribution in [-0.2, 0) is 10.2 Å². The summed E-state index contributed by atoms with van der Waals surface area (Å²) in [5.41, 5.74) is 0.748. The van der Waals surface area contributed by atoms with Gasteiger partial charge in [0.15, 0.2) is 5.96 Å². The molecule has 3 rings (SSSR count). The average Bonchev–Trinajstić information content (AvgIpc) is 2.74. The highest BCUT2D eigenvalue weighted by molar-refractivity contribution is 5.79. The van der Waals surface area contributed by atoms with Crippen LogP contribution in [0.1, 0.15) is 25.3 Å². The van der Waals surface area contributed by atoms with Gasteiger partial charge in [0.05, 0.1) is 6.54 Å². The van der Waals surface area contributed by atoms with Crippen molar-refractivity contribution in [3.8, 4) is 5.75 Å². The Bertz CT molecular complexity index is 854. The maximum atomic E-state index is 13.8. The third-order valence-corrected chi connectivity index (χ3v) is 5.40. The highest BCUT2D eigenvalue weighted by Crippen LogP contribution is 2.34. The molecule has 0 amide bonds. The van der Waals surface area contributed by atoms with Crippen LogP contribution in [0.25, 0.3) is 0 Å². The number of halogens is 2. The summed E-state index contributed by atoms with van der Waals surface area (Å²) >= 11 is 0. The van der Waals surface area contributed by atoms with Crippen LogP contribution in [0.2, 0.25) is 0 Å². The molecule has 2 aromatic carbocycles. The lowest BCUT2D eigenvalue weighted by atomic mass is 9.74. The summed E-state index contributed by atoms with van der Waals surface area (Å²) in [5, 5.41) is 6.61. The summed E-state index contributed by atoms with van der Waals surface area (Å²) < 4.78 is 38.4. The van der Waals surface area contributed by atoms with Crippen LogP contribution in [0.4, 0.5) is 8.78 Å². The topological polar surface area (TPSA) is 54.9 Å². The van der Waals surface area contributed by atoms with Crippen LogP contribution in [0, 0.1) is 11.6 Å². The van der Waals surface area contributed by atoms with Gasteiger partial charge in [0.2, 0.25) is 0 Å². The van der Waals surface area contributed by atoms with Gasteiger partial charge in [-0.15, -0.1) is 0 Å². The van der Waals surface area contributed by atoms with E-state index in [0.29, 0.717) is 38.0 Å². The molecule has 5 nitrogen and oxygen atoms in total. The van der Waals surface area contributed by atoms with E-state index in [4.69, 9.17) is 9.47 Å². The van der Waals surface area contributed by atoms with Gasteiger partial charge < -0.3 is 20.1 Å². The van der Waals surface area contributed by atoms with Crippen molar-refractivity contribution in [1.29, 1.82) is 0 Å². The van der Waals surface area contributed by atoms with Crippen molar-refractivity contribution < 1.29 is 18.3 Å². The van der Waals surface area contributed by atoms with Crippen LogP contribution in [0.3, 0.4) is 0 Å². The van der Waals surface area contributed by atoms with Crippen LogP contribution in [0.15, 0.2) is 53.5 Å². The number of nitrogens with zero attached hydrogens (tertiary/aromatic N) is 1. The molecule has 0 bridgehead atoms. The summed E-state index contributed by atoms with van der Waals surface area (Å²) in [5.74, 6) is 0.555. The van der Waals surface area contributed by atoms with E-state index in [2.05, 4.69) is 15.6 Å². The van der Waals surface area contributed by atoms with Gasteiger partial charge in [0, 0.05) is 38.3 Å². The van der Waals surface area contributed by atoms with Gasteiger partial charge >= 0.3 is 0 Å². The number of rotatable bonds is 7. The molecule has 7 heteroatoms. The fourth-order valence-electron chi connectivity index (χ4n) is 3.68. The second kappa shape index (κ2) is 10.4. The molecule has 0 aromatic heterocycles. The van der Waals surface area contributed by atoms with Gasteiger partial charge in [-0.2, -0.15) is 0 Å². The molecule has 1 fully saturated rings. The SMILES string of the molecule is CN=C(NCC(C)Oc1cccc(F)c1)NCC1(c2cccc(F)c2)CCOCC1. The number of guanidine groups is 1. The lowest BCUT2D eigenvalue weighted by Gasteiger charge is -2.38. The van der Waals surface area contributed by atoms with E-state index >= 15 is 0 Å². The van der Waals surface area contributed by atoms with Crippen LogP contribution >= 0.6 is 0 Å². The van der Waals surface area contributed by atoms with Crippen molar-refractivity contribution >= 4 is 5.96 Å². The molecule has 0 saturated carbocycles. The van der Waals surface area contributed by atoms with E-state index in [1.54, 1.807) is 31.3 Å². The van der Waals surface area contributed by atoms with E-state index in [9.17, 15) is 8.78 Å². The van der Waals surface area contributed by atoms with E-state index in [-0.39, 0.29) is 23.2 Å². The molecule has 162 valence electrons. The van der Waals surface area contributed by atoms with Crippen molar-refractivity contribution in [2.24, 2.45) is 4.99 Å². The molecule has 1 aliphatic heterocycles. The first kappa shape index (κ1) is 22.0. The standard InChI is InChI=1S/C23H29F2N3O2/c1-17(30-21-8-4-7-20(25)14-21)15-27-22(26-2)28-16-23(9-11-29-12-10-23)18-5-3-6-19(24)13-18/h3-8,13-14,17H,9-12,15-16H2,1-2H3,(H2,26,27,28). The minimum atomic E-state index is -0.329. The Morgan fingerprint density at radius 3 is 2.47 bits per heavy atom.